The van der Waals surface area contributed by atoms with Crippen molar-refractivity contribution in [3.63, 3.8) is 0 Å². The molecule has 0 N–H and O–H groups in total. The zero-order valence-electron chi connectivity index (χ0n) is 16.5. The van der Waals surface area contributed by atoms with Gasteiger partial charge in [-0.05, 0) is 61.9 Å². The molecule has 4 nitrogen and oxygen atoms in total. The van der Waals surface area contributed by atoms with Gasteiger partial charge in [-0.3, -0.25) is 4.99 Å². The van der Waals surface area contributed by atoms with Crippen LogP contribution in [0.4, 0.5) is 5.69 Å². The zero-order valence-corrected chi connectivity index (χ0v) is 16.5. The second kappa shape index (κ2) is 7.77. The van der Waals surface area contributed by atoms with Crippen molar-refractivity contribution >= 4 is 33.7 Å². The molecule has 0 saturated carbocycles. The molecule has 4 heteroatoms. The largest absolute Gasteiger partial charge is 0.493 e. The molecule has 0 spiro atoms. The van der Waals surface area contributed by atoms with Crippen molar-refractivity contribution in [1.82, 2.24) is 4.57 Å². The van der Waals surface area contributed by atoms with E-state index in [2.05, 4.69) is 58.9 Å². The van der Waals surface area contributed by atoms with Gasteiger partial charge >= 0.3 is 0 Å². The minimum absolute atomic E-state index is 0.606. The third-order valence-corrected chi connectivity index (χ3v) is 4.92. The van der Waals surface area contributed by atoms with Crippen molar-refractivity contribution in [1.29, 1.82) is 0 Å². The Hall–Kier alpha value is -3.27. The van der Waals surface area contributed by atoms with Crippen LogP contribution in [0.1, 0.15) is 19.4 Å². The summed E-state index contributed by atoms with van der Waals surface area (Å²) >= 11 is 0. The summed E-state index contributed by atoms with van der Waals surface area (Å²) in [6.45, 7) is 5.69. The number of nitrogens with zero attached hydrogens (tertiary/aromatic N) is 2. The maximum atomic E-state index is 5.58. The number of methoxy groups -OCH3 is 1. The number of fused-ring (bicyclic) bond motifs is 3. The second-order valence-electron chi connectivity index (χ2n) is 6.56. The van der Waals surface area contributed by atoms with Crippen LogP contribution < -0.4 is 9.47 Å². The van der Waals surface area contributed by atoms with E-state index in [0.29, 0.717) is 12.4 Å². The van der Waals surface area contributed by atoms with E-state index >= 15 is 0 Å². The topological polar surface area (TPSA) is 35.8 Å². The van der Waals surface area contributed by atoms with Crippen LogP contribution in [-0.4, -0.2) is 24.5 Å². The molecule has 0 aliphatic carbocycles. The summed E-state index contributed by atoms with van der Waals surface area (Å²) in [5.41, 5.74) is 4.40. The SMILES string of the molecule is CCOc1ccc(C=Nc2ccc3c(c2)c2ccccc2n3CC)cc1OC. The molecule has 0 unspecified atom stereocenters. The second-order valence-corrected chi connectivity index (χ2v) is 6.56. The van der Waals surface area contributed by atoms with Crippen molar-refractivity contribution in [2.75, 3.05) is 13.7 Å². The summed E-state index contributed by atoms with van der Waals surface area (Å²) in [6.07, 6.45) is 1.86. The van der Waals surface area contributed by atoms with Crippen LogP contribution in [0.15, 0.2) is 65.7 Å². The number of para-hydroxylation sites is 1. The predicted octanol–water partition coefficient (Wildman–Crippen LogP) is 5.97. The Morgan fingerprint density at radius 2 is 1.71 bits per heavy atom. The van der Waals surface area contributed by atoms with Gasteiger partial charge in [-0.2, -0.15) is 0 Å². The number of aliphatic imine (C=N–C) groups is 1. The normalized spacial score (nSPS) is 11.5. The zero-order chi connectivity index (χ0) is 19.5. The Morgan fingerprint density at radius 1 is 0.893 bits per heavy atom. The molecule has 1 aromatic heterocycles. The maximum Gasteiger partial charge on any atom is 0.161 e. The van der Waals surface area contributed by atoms with Crippen LogP contribution in [0.2, 0.25) is 0 Å². The Morgan fingerprint density at radius 3 is 2.50 bits per heavy atom. The molecule has 4 aromatic rings. The van der Waals surface area contributed by atoms with Crippen molar-refractivity contribution in [3.05, 3.63) is 66.2 Å². The van der Waals surface area contributed by atoms with Gasteiger partial charge in [0, 0.05) is 34.6 Å². The van der Waals surface area contributed by atoms with Gasteiger partial charge in [0.05, 0.1) is 19.4 Å². The first kappa shape index (κ1) is 18.1. The quantitative estimate of drug-likeness (QED) is 0.391. The average Bonchev–Trinajstić information content (AvgIpc) is 3.06. The highest BCUT2D eigenvalue weighted by atomic mass is 16.5. The van der Waals surface area contributed by atoms with Crippen molar-refractivity contribution in [2.24, 2.45) is 4.99 Å². The molecule has 0 fully saturated rings. The molecule has 28 heavy (non-hydrogen) atoms. The molecule has 0 aliphatic heterocycles. The summed E-state index contributed by atoms with van der Waals surface area (Å²) in [5, 5.41) is 2.50. The molecular weight excluding hydrogens is 348 g/mol. The van der Waals surface area contributed by atoms with E-state index in [9.17, 15) is 0 Å². The predicted molar refractivity (Wildman–Crippen MR) is 117 cm³/mol. The number of ether oxygens (including phenoxy) is 2. The van der Waals surface area contributed by atoms with E-state index in [1.807, 2.05) is 31.3 Å². The number of aryl methyl sites for hydroxylation is 1. The van der Waals surface area contributed by atoms with Crippen LogP contribution in [0.25, 0.3) is 21.8 Å². The van der Waals surface area contributed by atoms with Crippen LogP contribution in [0, 0.1) is 0 Å². The van der Waals surface area contributed by atoms with Gasteiger partial charge in [-0.25, -0.2) is 0 Å². The molecule has 0 atom stereocenters. The Labute approximate surface area is 165 Å². The van der Waals surface area contributed by atoms with E-state index in [1.165, 1.54) is 21.8 Å². The molecule has 0 radical (unpaired) electrons. The molecule has 0 aliphatic rings. The molecule has 0 bridgehead atoms. The molecule has 1 heterocycles. The Bertz CT molecular complexity index is 1160. The lowest BCUT2D eigenvalue weighted by Crippen LogP contribution is -1.96. The highest BCUT2D eigenvalue weighted by Gasteiger charge is 2.09. The summed E-state index contributed by atoms with van der Waals surface area (Å²) in [4.78, 5) is 4.69. The maximum absolute atomic E-state index is 5.58. The highest BCUT2D eigenvalue weighted by molar-refractivity contribution is 6.09. The minimum Gasteiger partial charge on any atom is -0.493 e. The van der Waals surface area contributed by atoms with Crippen molar-refractivity contribution in [2.45, 2.75) is 20.4 Å². The lowest BCUT2D eigenvalue weighted by molar-refractivity contribution is 0.311. The van der Waals surface area contributed by atoms with E-state index in [4.69, 9.17) is 9.47 Å². The van der Waals surface area contributed by atoms with Gasteiger partial charge in [-0.15, -0.1) is 0 Å². The highest BCUT2D eigenvalue weighted by Crippen LogP contribution is 2.32. The monoisotopic (exact) mass is 372 g/mol. The Balaban J connectivity index is 1.71. The number of hydrogen-bond donors (Lipinski definition) is 0. The van der Waals surface area contributed by atoms with E-state index in [1.54, 1.807) is 7.11 Å². The van der Waals surface area contributed by atoms with Gasteiger partial charge in [0.2, 0.25) is 0 Å². The average molecular weight is 372 g/mol. The molecule has 142 valence electrons. The summed E-state index contributed by atoms with van der Waals surface area (Å²) in [7, 11) is 1.65. The van der Waals surface area contributed by atoms with E-state index in [0.717, 1.165) is 23.5 Å². The third-order valence-electron chi connectivity index (χ3n) is 4.92. The van der Waals surface area contributed by atoms with Crippen LogP contribution in [0.5, 0.6) is 11.5 Å². The fourth-order valence-electron chi connectivity index (χ4n) is 3.65. The molecule has 3 aromatic carbocycles. The van der Waals surface area contributed by atoms with Crippen molar-refractivity contribution in [3.8, 4) is 11.5 Å². The van der Waals surface area contributed by atoms with Crippen LogP contribution in [0.3, 0.4) is 0 Å². The fourth-order valence-corrected chi connectivity index (χ4v) is 3.65. The van der Waals surface area contributed by atoms with Crippen molar-refractivity contribution < 1.29 is 9.47 Å². The van der Waals surface area contributed by atoms with Gasteiger partial charge in [0.25, 0.3) is 0 Å². The van der Waals surface area contributed by atoms with Crippen LogP contribution >= 0.6 is 0 Å². The standard InChI is InChI=1S/C24H24N2O2/c1-4-26-21-9-7-6-8-19(21)20-15-18(11-12-22(20)26)25-16-17-10-13-23(28-5-2)24(14-17)27-3/h6-16H,4-5H2,1-3H3. The fraction of sp³-hybridized carbons (Fsp3) is 0.208. The smallest absolute Gasteiger partial charge is 0.161 e. The van der Waals surface area contributed by atoms with Gasteiger partial charge in [0.15, 0.2) is 11.5 Å². The van der Waals surface area contributed by atoms with Gasteiger partial charge < -0.3 is 14.0 Å². The lowest BCUT2D eigenvalue weighted by Gasteiger charge is -2.09. The third kappa shape index (κ3) is 3.22. The first-order valence-electron chi connectivity index (χ1n) is 9.61. The van der Waals surface area contributed by atoms with Gasteiger partial charge in [-0.1, -0.05) is 18.2 Å². The van der Waals surface area contributed by atoms with E-state index in [-0.39, 0.29) is 0 Å². The first-order valence-corrected chi connectivity index (χ1v) is 9.61. The number of rotatable bonds is 6. The molecule has 4 rings (SSSR count). The van der Waals surface area contributed by atoms with Gasteiger partial charge in [0.1, 0.15) is 0 Å². The number of aromatic nitrogens is 1. The molecular formula is C24H24N2O2. The summed E-state index contributed by atoms with van der Waals surface area (Å²) in [5.74, 6) is 1.46. The number of benzene rings is 3. The van der Waals surface area contributed by atoms with E-state index < -0.39 is 0 Å². The molecule has 0 saturated heterocycles. The summed E-state index contributed by atoms with van der Waals surface area (Å²) in [6, 6.07) is 20.8. The lowest BCUT2D eigenvalue weighted by atomic mass is 10.1. The Kier molecular flexibility index (Phi) is 5.02. The van der Waals surface area contributed by atoms with Crippen LogP contribution in [-0.2, 0) is 6.54 Å². The number of hydrogen-bond acceptors (Lipinski definition) is 3. The summed E-state index contributed by atoms with van der Waals surface area (Å²) < 4.78 is 13.3. The first-order chi connectivity index (χ1) is 13.7. The minimum atomic E-state index is 0.606. The molecule has 0 amide bonds.